The number of aryl methyl sites for hydroxylation is 1. The van der Waals surface area contributed by atoms with Crippen LogP contribution >= 0.6 is 0 Å². The van der Waals surface area contributed by atoms with E-state index in [1.165, 1.54) is 11.1 Å². The third-order valence-corrected chi connectivity index (χ3v) is 6.49. The van der Waals surface area contributed by atoms with Crippen LogP contribution in [0.25, 0.3) is 0 Å². The molecule has 7 heteroatoms. The third kappa shape index (κ3) is 4.00. The summed E-state index contributed by atoms with van der Waals surface area (Å²) in [6.07, 6.45) is 3.03. The van der Waals surface area contributed by atoms with Gasteiger partial charge in [-0.15, -0.1) is 0 Å². The van der Waals surface area contributed by atoms with Crippen molar-refractivity contribution >= 4 is 11.7 Å². The molecule has 7 nitrogen and oxygen atoms in total. The fraction of sp³-hybridized carbons (Fsp3) is 0.500. The number of carbonyl (C=O) groups is 1. The van der Waals surface area contributed by atoms with E-state index < -0.39 is 0 Å². The number of fused-ring (bicyclic) bond motifs is 2. The number of nitrogens with zero attached hydrogens (tertiary/aromatic N) is 3. The number of ether oxygens (including phenoxy) is 2. The maximum Gasteiger partial charge on any atom is 0.256 e. The molecule has 4 heterocycles. The molecular weight excluding hydrogens is 394 g/mol. The van der Waals surface area contributed by atoms with E-state index in [1.54, 1.807) is 4.90 Å². The lowest BCUT2D eigenvalue weighted by Crippen LogP contribution is -2.39. The van der Waals surface area contributed by atoms with E-state index in [1.807, 2.05) is 13.0 Å². The highest BCUT2D eigenvalue weighted by atomic mass is 16.5. The Morgan fingerprint density at radius 1 is 1.23 bits per heavy atom. The molecule has 3 aliphatic heterocycles. The maximum atomic E-state index is 12.5. The minimum atomic E-state index is -0.0336. The van der Waals surface area contributed by atoms with Gasteiger partial charge < -0.3 is 24.4 Å². The molecule has 0 unspecified atom stereocenters. The SMILES string of the molecule is Cc1cc2c(nc1N1CCC(Oc3ccc4c(c3)COCC4)CC1)CN(CCO)C2=O. The zero-order chi connectivity index (χ0) is 21.4. The molecule has 3 aliphatic rings. The largest absolute Gasteiger partial charge is 0.490 e. The van der Waals surface area contributed by atoms with Gasteiger partial charge in [-0.3, -0.25) is 4.79 Å². The minimum Gasteiger partial charge on any atom is -0.490 e. The number of pyridine rings is 1. The molecule has 0 atom stereocenters. The number of piperidine rings is 1. The van der Waals surface area contributed by atoms with Crippen LogP contribution in [0.1, 0.15) is 45.6 Å². The highest BCUT2D eigenvalue weighted by Gasteiger charge is 2.31. The summed E-state index contributed by atoms with van der Waals surface area (Å²) in [5, 5.41) is 9.18. The molecule has 1 fully saturated rings. The molecule has 1 N–H and O–H groups in total. The smallest absolute Gasteiger partial charge is 0.256 e. The number of amides is 1. The van der Waals surface area contributed by atoms with E-state index in [-0.39, 0.29) is 18.6 Å². The van der Waals surface area contributed by atoms with Crippen LogP contribution in [0.4, 0.5) is 5.82 Å². The molecule has 164 valence electrons. The second-order valence-electron chi connectivity index (χ2n) is 8.61. The zero-order valence-electron chi connectivity index (χ0n) is 18.0. The van der Waals surface area contributed by atoms with Gasteiger partial charge in [-0.05, 0) is 48.2 Å². The number of carbonyl (C=O) groups excluding carboxylic acids is 1. The van der Waals surface area contributed by atoms with Crippen LogP contribution in [-0.2, 0) is 24.3 Å². The number of hydrogen-bond donors (Lipinski definition) is 1. The van der Waals surface area contributed by atoms with Crippen LogP contribution < -0.4 is 9.64 Å². The van der Waals surface area contributed by atoms with Gasteiger partial charge in [0.15, 0.2) is 0 Å². The highest BCUT2D eigenvalue weighted by Crippen LogP contribution is 2.30. The van der Waals surface area contributed by atoms with Crippen molar-refractivity contribution in [3.05, 3.63) is 52.2 Å². The molecule has 1 aromatic heterocycles. The summed E-state index contributed by atoms with van der Waals surface area (Å²) >= 11 is 0. The maximum absolute atomic E-state index is 12.5. The molecule has 0 radical (unpaired) electrons. The molecule has 31 heavy (non-hydrogen) atoms. The number of aromatic nitrogens is 1. The van der Waals surface area contributed by atoms with Gasteiger partial charge in [-0.2, -0.15) is 0 Å². The number of aliphatic hydroxyl groups excluding tert-OH is 1. The zero-order valence-corrected chi connectivity index (χ0v) is 18.0. The minimum absolute atomic E-state index is 0.0314. The summed E-state index contributed by atoms with van der Waals surface area (Å²) in [5.74, 6) is 1.85. The second kappa shape index (κ2) is 8.48. The third-order valence-electron chi connectivity index (χ3n) is 6.49. The highest BCUT2D eigenvalue weighted by molar-refractivity contribution is 5.98. The van der Waals surface area contributed by atoms with Crippen LogP contribution in [0, 0.1) is 6.92 Å². The lowest BCUT2D eigenvalue weighted by Gasteiger charge is -2.34. The van der Waals surface area contributed by atoms with Gasteiger partial charge in [-0.1, -0.05) is 6.07 Å². The first-order valence-corrected chi connectivity index (χ1v) is 11.1. The average molecular weight is 424 g/mol. The fourth-order valence-corrected chi connectivity index (χ4v) is 4.79. The summed E-state index contributed by atoms with van der Waals surface area (Å²) in [6.45, 7) is 6.03. The Kier molecular flexibility index (Phi) is 5.54. The van der Waals surface area contributed by atoms with Gasteiger partial charge in [0, 0.05) is 32.5 Å². The topological polar surface area (TPSA) is 75.1 Å². The van der Waals surface area contributed by atoms with E-state index in [0.717, 1.165) is 61.8 Å². The number of hydrogen-bond acceptors (Lipinski definition) is 6. The Balaban J connectivity index is 1.23. The van der Waals surface area contributed by atoms with Crippen molar-refractivity contribution < 1.29 is 19.4 Å². The number of anilines is 1. The summed E-state index contributed by atoms with van der Waals surface area (Å²) < 4.78 is 11.9. The van der Waals surface area contributed by atoms with E-state index in [4.69, 9.17) is 14.5 Å². The van der Waals surface area contributed by atoms with Gasteiger partial charge in [-0.25, -0.2) is 4.98 Å². The predicted molar refractivity (Wildman–Crippen MR) is 116 cm³/mol. The number of benzene rings is 1. The van der Waals surface area contributed by atoms with Crippen LogP contribution in [0.2, 0.25) is 0 Å². The van der Waals surface area contributed by atoms with Crippen molar-refractivity contribution in [3.63, 3.8) is 0 Å². The van der Waals surface area contributed by atoms with Crippen LogP contribution in [0.15, 0.2) is 24.3 Å². The Bertz CT molecular complexity index is 985. The van der Waals surface area contributed by atoms with Gasteiger partial charge in [0.25, 0.3) is 5.91 Å². The van der Waals surface area contributed by atoms with E-state index >= 15 is 0 Å². The van der Waals surface area contributed by atoms with Crippen LogP contribution in [-0.4, -0.2) is 59.8 Å². The normalized spacial score (nSPS) is 18.8. The molecule has 1 saturated heterocycles. The van der Waals surface area contributed by atoms with E-state index in [0.29, 0.717) is 25.3 Å². The van der Waals surface area contributed by atoms with Crippen LogP contribution in [0.5, 0.6) is 5.75 Å². The summed E-state index contributed by atoms with van der Waals surface area (Å²) in [6, 6.07) is 8.33. The number of β-amino-alcohol motifs (C(OH)–C–C–N with tert-alkyl or cyclic N) is 1. The van der Waals surface area contributed by atoms with Crippen molar-refractivity contribution in [1.82, 2.24) is 9.88 Å². The summed E-state index contributed by atoms with van der Waals surface area (Å²) in [5.41, 5.74) is 5.11. The van der Waals surface area contributed by atoms with Crippen molar-refractivity contribution in [2.24, 2.45) is 0 Å². The second-order valence-corrected chi connectivity index (χ2v) is 8.61. The first-order valence-electron chi connectivity index (χ1n) is 11.1. The van der Waals surface area contributed by atoms with E-state index in [2.05, 4.69) is 23.1 Å². The standard InChI is InChI=1S/C24H29N3O4/c1-16-12-21-22(14-27(9-10-28)24(21)29)25-23(16)26-7-4-19(5-8-26)31-20-3-2-17-6-11-30-15-18(17)13-20/h2-3,12-13,19,28H,4-11,14-15H2,1H3. The Morgan fingerprint density at radius 3 is 2.87 bits per heavy atom. The van der Waals surface area contributed by atoms with Crippen LogP contribution in [0.3, 0.4) is 0 Å². The predicted octanol–water partition coefficient (Wildman–Crippen LogP) is 2.46. The Hall–Kier alpha value is -2.64. The summed E-state index contributed by atoms with van der Waals surface area (Å²) in [7, 11) is 0. The lowest BCUT2D eigenvalue weighted by molar-refractivity contribution is 0.0745. The molecule has 0 bridgehead atoms. The van der Waals surface area contributed by atoms with Gasteiger partial charge >= 0.3 is 0 Å². The number of aliphatic hydroxyl groups is 1. The molecule has 5 rings (SSSR count). The molecule has 1 amide bonds. The molecular formula is C24H29N3O4. The molecule has 1 aromatic carbocycles. The van der Waals surface area contributed by atoms with Gasteiger partial charge in [0.2, 0.25) is 0 Å². The first kappa shape index (κ1) is 20.3. The van der Waals surface area contributed by atoms with Crippen molar-refractivity contribution in [3.8, 4) is 5.75 Å². The number of rotatable bonds is 5. The van der Waals surface area contributed by atoms with Crippen molar-refractivity contribution in [2.75, 3.05) is 37.7 Å². The lowest BCUT2D eigenvalue weighted by atomic mass is 10.0. The van der Waals surface area contributed by atoms with Gasteiger partial charge in [0.05, 0.1) is 37.6 Å². The fourth-order valence-electron chi connectivity index (χ4n) is 4.79. The average Bonchev–Trinajstić information content (AvgIpc) is 3.08. The molecule has 0 spiro atoms. The molecule has 2 aromatic rings. The van der Waals surface area contributed by atoms with Gasteiger partial charge in [0.1, 0.15) is 17.7 Å². The molecule has 0 saturated carbocycles. The Morgan fingerprint density at radius 2 is 2.06 bits per heavy atom. The Labute approximate surface area is 182 Å². The first-order chi connectivity index (χ1) is 15.1. The van der Waals surface area contributed by atoms with E-state index in [9.17, 15) is 9.90 Å². The molecule has 0 aliphatic carbocycles. The summed E-state index contributed by atoms with van der Waals surface area (Å²) in [4.78, 5) is 21.3. The quantitative estimate of drug-likeness (QED) is 0.796. The van der Waals surface area contributed by atoms with Crippen molar-refractivity contribution in [2.45, 2.75) is 45.4 Å². The monoisotopic (exact) mass is 423 g/mol. The van der Waals surface area contributed by atoms with Crippen molar-refractivity contribution in [1.29, 1.82) is 0 Å².